The van der Waals surface area contributed by atoms with E-state index in [1.54, 1.807) is 0 Å². The van der Waals surface area contributed by atoms with Crippen molar-refractivity contribution in [1.82, 2.24) is 0 Å². The highest BCUT2D eigenvalue weighted by Crippen LogP contribution is 2.41. The molecule has 0 aromatic heterocycles. The Balaban J connectivity index is 1.65. The van der Waals surface area contributed by atoms with E-state index in [4.69, 9.17) is 0 Å². The van der Waals surface area contributed by atoms with E-state index < -0.39 is 0 Å². The maximum atomic E-state index is 2.40. The number of hydrogen-bond donors (Lipinski definition) is 0. The van der Waals surface area contributed by atoms with E-state index >= 15 is 0 Å². The summed E-state index contributed by atoms with van der Waals surface area (Å²) in [4.78, 5) is 4.80. The van der Waals surface area contributed by atoms with Crippen LogP contribution in [0.15, 0.2) is 121 Å². The van der Waals surface area contributed by atoms with Gasteiger partial charge in [0, 0.05) is 34.1 Å². The maximum absolute atomic E-state index is 2.40. The van der Waals surface area contributed by atoms with E-state index in [1.807, 2.05) is 0 Å². The van der Waals surface area contributed by atoms with Crippen LogP contribution >= 0.6 is 0 Å². The van der Waals surface area contributed by atoms with E-state index in [9.17, 15) is 0 Å². The molecule has 44 heavy (non-hydrogen) atoms. The average molecular weight is 581 g/mol. The lowest BCUT2D eigenvalue weighted by Gasteiger charge is -2.30. The van der Waals surface area contributed by atoms with E-state index in [0.717, 1.165) is 37.1 Å². The fourth-order valence-electron chi connectivity index (χ4n) is 5.87. The molecule has 0 aliphatic rings. The zero-order valence-electron chi connectivity index (χ0n) is 27.4. The van der Waals surface area contributed by atoms with Crippen LogP contribution in [0, 0.1) is 0 Å². The van der Waals surface area contributed by atoms with Crippen LogP contribution in [0.4, 0.5) is 34.1 Å². The van der Waals surface area contributed by atoms with Crippen molar-refractivity contribution >= 4 is 34.1 Å². The van der Waals surface area contributed by atoms with Crippen LogP contribution in [0.5, 0.6) is 0 Å². The number of aryl methyl sites for hydroxylation is 2. The number of benzene rings is 5. The molecule has 2 nitrogen and oxygen atoms in total. The Kier molecular flexibility index (Phi) is 10.2. The highest BCUT2D eigenvalue weighted by Gasteiger charge is 2.18. The molecule has 226 valence electrons. The Morgan fingerprint density at radius 1 is 0.409 bits per heavy atom. The largest absolute Gasteiger partial charge is 0.310 e. The molecular weight excluding hydrogens is 532 g/mol. The van der Waals surface area contributed by atoms with Gasteiger partial charge in [-0.25, -0.2) is 0 Å². The molecule has 0 saturated heterocycles. The minimum atomic E-state index is 0.545. The van der Waals surface area contributed by atoms with Gasteiger partial charge in [0.25, 0.3) is 0 Å². The molecule has 5 aromatic carbocycles. The summed E-state index contributed by atoms with van der Waals surface area (Å²) in [7, 11) is 0. The van der Waals surface area contributed by atoms with Gasteiger partial charge in [-0.2, -0.15) is 0 Å². The van der Waals surface area contributed by atoms with Gasteiger partial charge in [-0.05, 0) is 127 Å². The summed E-state index contributed by atoms with van der Waals surface area (Å²) in [5.74, 6) is 1.09. The van der Waals surface area contributed by atoms with Crippen LogP contribution in [0.1, 0.15) is 88.5 Å². The van der Waals surface area contributed by atoms with Crippen LogP contribution in [0.3, 0.4) is 0 Å². The van der Waals surface area contributed by atoms with E-state index in [2.05, 4.69) is 173 Å². The van der Waals surface area contributed by atoms with Crippen molar-refractivity contribution < 1.29 is 0 Å². The summed E-state index contributed by atoms with van der Waals surface area (Å²) < 4.78 is 0. The minimum absolute atomic E-state index is 0.545. The fraction of sp³-hybridized carbons (Fsp3) is 0.286. The Morgan fingerprint density at radius 3 is 1.09 bits per heavy atom. The predicted molar refractivity (Wildman–Crippen MR) is 192 cm³/mol. The molecule has 0 aliphatic heterocycles. The van der Waals surface area contributed by atoms with Gasteiger partial charge in [-0.15, -0.1) is 0 Å². The second-order valence-corrected chi connectivity index (χ2v) is 12.0. The average Bonchev–Trinajstić information content (AvgIpc) is 3.09. The Morgan fingerprint density at radius 2 is 0.750 bits per heavy atom. The third kappa shape index (κ3) is 6.91. The zero-order chi connectivity index (χ0) is 31.1. The number of nitrogens with zero attached hydrogens (tertiary/aromatic N) is 2. The van der Waals surface area contributed by atoms with Crippen LogP contribution < -0.4 is 9.80 Å². The first-order valence-electron chi connectivity index (χ1n) is 16.5. The molecule has 0 bridgehead atoms. The number of hydrogen-bond acceptors (Lipinski definition) is 2. The third-order valence-corrected chi connectivity index (χ3v) is 9.17. The highest BCUT2D eigenvalue weighted by molar-refractivity contribution is 5.83. The van der Waals surface area contributed by atoms with Crippen molar-refractivity contribution in [2.24, 2.45) is 0 Å². The lowest BCUT2D eigenvalue weighted by Crippen LogP contribution is -2.13. The molecule has 0 saturated carbocycles. The zero-order valence-corrected chi connectivity index (χ0v) is 27.4. The monoisotopic (exact) mass is 580 g/mol. The van der Waals surface area contributed by atoms with Gasteiger partial charge in [-0.1, -0.05) is 96.1 Å². The van der Waals surface area contributed by atoms with Crippen molar-refractivity contribution in [3.05, 3.63) is 144 Å². The molecule has 0 fully saturated rings. The molecular formula is C42H48N2. The molecule has 0 aliphatic carbocycles. The van der Waals surface area contributed by atoms with Gasteiger partial charge >= 0.3 is 0 Å². The van der Waals surface area contributed by atoms with Gasteiger partial charge in [0.15, 0.2) is 0 Å². The van der Waals surface area contributed by atoms with Gasteiger partial charge in [0.1, 0.15) is 0 Å². The van der Waals surface area contributed by atoms with E-state index in [1.165, 1.54) is 45.0 Å². The molecule has 5 aromatic rings. The fourth-order valence-corrected chi connectivity index (χ4v) is 5.87. The molecule has 0 amide bonds. The molecule has 0 spiro atoms. The maximum Gasteiger partial charge on any atom is 0.0482 e. The van der Waals surface area contributed by atoms with Crippen LogP contribution in [0.2, 0.25) is 0 Å². The molecule has 2 heteroatoms. The first-order valence-corrected chi connectivity index (χ1v) is 16.5. The standard InChI is InChI=1S/C42H48N2/c1-7-31(5)35-20-24-37(25-21-35)43(39-16-11-14-33(9-3)28-39)41-18-13-19-42(30-41)44(40-17-12-15-34(10-4)29-40)38-26-22-36(23-27-38)32(6)8-2/h11-32H,7-10H2,1-6H3. The molecule has 0 heterocycles. The van der Waals surface area contributed by atoms with Crippen LogP contribution in [-0.2, 0) is 12.8 Å². The third-order valence-electron chi connectivity index (χ3n) is 9.17. The van der Waals surface area contributed by atoms with Gasteiger partial charge in [0.2, 0.25) is 0 Å². The molecule has 0 N–H and O–H groups in total. The number of rotatable bonds is 12. The summed E-state index contributed by atoms with van der Waals surface area (Å²) in [6.45, 7) is 13.6. The van der Waals surface area contributed by atoms with Gasteiger partial charge in [0.05, 0.1) is 0 Å². The first-order chi connectivity index (χ1) is 21.4. The first kappa shape index (κ1) is 31.1. The van der Waals surface area contributed by atoms with Gasteiger partial charge < -0.3 is 9.80 Å². The lowest BCUT2D eigenvalue weighted by molar-refractivity contribution is 0.733. The number of anilines is 6. The smallest absolute Gasteiger partial charge is 0.0482 e. The van der Waals surface area contributed by atoms with Crippen molar-refractivity contribution in [3.63, 3.8) is 0 Å². The molecule has 2 unspecified atom stereocenters. The summed E-state index contributed by atoms with van der Waals surface area (Å²) in [5.41, 5.74) is 12.4. The molecule has 0 radical (unpaired) electrons. The van der Waals surface area contributed by atoms with Crippen molar-refractivity contribution in [2.75, 3.05) is 9.80 Å². The SMILES string of the molecule is CCc1cccc(N(c2ccc(C(C)CC)cc2)c2cccc(N(c3ccc(C(C)CC)cc3)c3cccc(CC)c3)c2)c1. The predicted octanol–water partition coefficient (Wildman–Crippen LogP) is 12.8. The summed E-state index contributed by atoms with van der Waals surface area (Å²) >= 11 is 0. The van der Waals surface area contributed by atoms with E-state index in [0.29, 0.717) is 11.8 Å². The van der Waals surface area contributed by atoms with E-state index in [-0.39, 0.29) is 0 Å². The van der Waals surface area contributed by atoms with Crippen LogP contribution in [-0.4, -0.2) is 0 Å². The van der Waals surface area contributed by atoms with Gasteiger partial charge in [-0.3, -0.25) is 0 Å². The molecule has 2 atom stereocenters. The molecule has 5 rings (SSSR count). The Hall–Kier alpha value is -4.30. The Labute approximate surface area is 266 Å². The highest BCUT2D eigenvalue weighted by atomic mass is 15.2. The van der Waals surface area contributed by atoms with Crippen molar-refractivity contribution in [3.8, 4) is 0 Å². The Bertz CT molecular complexity index is 1510. The van der Waals surface area contributed by atoms with Crippen molar-refractivity contribution in [2.45, 2.75) is 79.1 Å². The van der Waals surface area contributed by atoms with Crippen LogP contribution in [0.25, 0.3) is 0 Å². The normalized spacial score (nSPS) is 12.5. The second kappa shape index (κ2) is 14.4. The van der Waals surface area contributed by atoms with Crippen molar-refractivity contribution in [1.29, 1.82) is 0 Å². The quantitative estimate of drug-likeness (QED) is 0.145. The second-order valence-electron chi connectivity index (χ2n) is 12.0. The minimum Gasteiger partial charge on any atom is -0.310 e. The summed E-state index contributed by atoms with van der Waals surface area (Å²) in [6.07, 6.45) is 4.28. The topological polar surface area (TPSA) is 6.48 Å². The summed E-state index contributed by atoms with van der Waals surface area (Å²) in [6, 6.07) is 45.2. The summed E-state index contributed by atoms with van der Waals surface area (Å²) in [5, 5.41) is 0. The lowest BCUT2D eigenvalue weighted by atomic mass is 9.98.